The highest BCUT2D eigenvalue weighted by atomic mass is 32.1. The summed E-state index contributed by atoms with van der Waals surface area (Å²) in [6, 6.07) is 4.94. The summed E-state index contributed by atoms with van der Waals surface area (Å²) in [5.74, 6) is 0.471. The van der Waals surface area contributed by atoms with Gasteiger partial charge in [0.25, 0.3) is 5.91 Å². The Kier molecular flexibility index (Phi) is 6.57. The van der Waals surface area contributed by atoms with Gasteiger partial charge in [-0.2, -0.15) is 0 Å². The van der Waals surface area contributed by atoms with Crippen molar-refractivity contribution in [2.24, 2.45) is 0 Å². The number of methoxy groups -OCH3 is 2. The molecule has 1 N–H and O–H groups in total. The zero-order valence-corrected chi connectivity index (χ0v) is 16.4. The smallest absolute Gasteiger partial charge is 0.254 e. The second kappa shape index (κ2) is 8.66. The molecule has 8 heteroatoms. The van der Waals surface area contributed by atoms with E-state index in [1.54, 1.807) is 18.2 Å². The van der Waals surface area contributed by atoms with Crippen LogP contribution >= 0.6 is 11.3 Å². The summed E-state index contributed by atoms with van der Waals surface area (Å²) in [4.78, 5) is 31.9. The molecule has 1 aromatic heterocycles. The number of benzene rings is 1. The summed E-state index contributed by atoms with van der Waals surface area (Å²) in [5, 5.41) is 3.28. The van der Waals surface area contributed by atoms with Crippen LogP contribution in [0.15, 0.2) is 18.2 Å². The monoisotopic (exact) mass is 377 g/mol. The molecule has 0 saturated carbocycles. The lowest BCUT2D eigenvalue weighted by molar-refractivity contribution is -0.116. The number of nitrogens with zero attached hydrogens (tertiary/aromatic N) is 2. The minimum Gasteiger partial charge on any atom is -0.497 e. The average molecular weight is 377 g/mol. The number of hydrogen-bond donors (Lipinski definition) is 1. The number of amides is 2. The molecule has 0 atom stereocenters. The van der Waals surface area contributed by atoms with Gasteiger partial charge >= 0.3 is 0 Å². The van der Waals surface area contributed by atoms with Crippen LogP contribution in [0.1, 0.15) is 27.9 Å². The van der Waals surface area contributed by atoms with E-state index in [1.165, 1.54) is 30.5 Å². The standard InChI is InChI=1S/C18H23N3O4S/c1-6-21(10-16(22)20-18-19-11(2)12(3)26-18)17(23)13-7-14(24-4)9-15(8-13)25-5/h7-9H,6,10H2,1-5H3,(H,19,20,22). The van der Waals surface area contributed by atoms with Crippen LogP contribution in [0.3, 0.4) is 0 Å². The van der Waals surface area contributed by atoms with Gasteiger partial charge in [-0.1, -0.05) is 0 Å². The molecule has 1 aromatic carbocycles. The number of nitrogens with one attached hydrogen (secondary N) is 1. The van der Waals surface area contributed by atoms with Crippen molar-refractivity contribution in [3.63, 3.8) is 0 Å². The third-order valence-corrected chi connectivity index (χ3v) is 4.86. The molecule has 0 unspecified atom stereocenters. The Bertz CT molecular complexity index is 762. The van der Waals surface area contributed by atoms with Gasteiger partial charge in [-0.05, 0) is 32.9 Å². The molecule has 0 saturated heterocycles. The normalized spacial score (nSPS) is 10.3. The molecule has 1 heterocycles. The van der Waals surface area contributed by atoms with Gasteiger partial charge in [-0.3, -0.25) is 9.59 Å². The Morgan fingerprint density at radius 3 is 2.23 bits per heavy atom. The van der Waals surface area contributed by atoms with Crippen molar-refractivity contribution >= 4 is 28.3 Å². The second-order valence-corrected chi connectivity index (χ2v) is 6.83. The van der Waals surface area contributed by atoms with E-state index in [9.17, 15) is 9.59 Å². The van der Waals surface area contributed by atoms with E-state index in [2.05, 4.69) is 10.3 Å². The maximum absolute atomic E-state index is 12.8. The molecule has 0 radical (unpaired) electrons. The largest absolute Gasteiger partial charge is 0.497 e. The minimum atomic E-state index is -0.288. The predicted octanol–water partition coefficient (Wildman–Crippen LogP) is 2.88. The molecule has 0 fully saturated rings. The molecule has 0 aliphatic rings. The number of carbonyl (C=O) groups excluding carboxylic acids is 2. The van der Waals surface area contributed by atoms with Crippen molar-refractivity contribution in [2.75, 3.05) is 32.6 Å². The van der Waals surface area contributed by atoms with Crippen LogP contribution in [-0.4, -0.2) is 49.0 Å². The first-order valence-corrected chi connectivity index (χ1v) is 8.95. The highest BCUT2D eigenvalue weighted by Crippen LogP contribution is 2.24. The molecular formula is C18H23N3O4S. The lowest BCUT2D eigenvalue weighted by Crippen LogP contribution is -2.37. The molecule has 2 rings (SSSR count). The van der Waals surface area contributed by atoms with Gasteiger partial charge in [0.2, 0.25) is 5.91 Å². The maximum Gasteiger partial charge on any atom is 0.254 e. The van der Waals surface area contributed by atoms with Gasteiger partial charge in [0.15, 0.2) is 5.13 Å². The van der Waals surface area contributed by atoms with Gasteiger partial charge < -0.3 is 19.7 Å². The fourth-order valence-corrected chi connectivity index (χ4v) is 3.13. The number of ether oxygens (including phenoxy) is 2. The zero-order chi connectivity index (χ0) is 19.3. The number of anilines is 1. The van der Waals surface area contributed by atoms with E-state index in [1.807, 2.05) is 20.8 Å². The molecule has 26 heavy (non-hydrogen) atoms. The quantitative estimate of drug-likeness (QED) is 0.802. The summed E-state index contributed by atoms with van der Waals surface area (Å²) in [6.45, 7) is 5.98. The van der Waals surface area contributed by atoms with Crippen LogP contribution in [0.25, 0.3) is 0 Å². The molecule has 2 aromatic rings. The van der Waals surface area contributed by atoms with Crippen molar-refractivity contribution in [3.05, 3.63) is 34.3 Å². The first kappa shape index (κ1) is 19.7. The lowest BCUT2D eigenvalue weighted by atomic mass is 10.1. The van der Waals surface area contributed by atoms with Crippen molar-refractivity contribution in [2.45, 2.75) is 20.8 Å². The predicted molar refractivity (Wildman–Crippen MR) is 101 cm³/mol. The molecule has 2 amide bonds. The topological polar surface area (TPSA) is 80.8 Å². The van der Waals surface area contributed by atoms with Crippen LogP contribution in [-0.2, 0) is 4.79 Å². The number of rotatable bonds is 7. The summed E-state index contributed by atoms with van der Waals surface area (Å²) in [7, 11) is 3.04. The third kappa shape index (κ3) is 4.72. The van der Waals surface area contributed by atoms with Crippen LogP contribution in [0.5, 0.6) is 11.5 Å². The van der Waals surface area contributed by atoms with Crippen molar-refractivity contribution in [3.8, 4) is 11.5 Å². The van der Waals surface area contributed by atoms with Crippen LogP contribution in [0.2, 0.25) is 0 Å². The number of aromatic nitrogens is 1. The summed E-state index contributed by atoms with van der Waals surface area (Å²) in [5.41, 5.74) is 1.29. The van der Waals surface area contributed by atoms with E-state index in [0.717, 1.165) is 10.6 Å². The molecule has 0 aliphatic heterocycles. The van der Waals surface area contributed by atoms with E-state index in [-0.39, 0.29) is 18.4 Å². The Labute approximate surface area is 156 Å². The van der Waals surface area contributed by atoms with Crippen LogP contribution in [0, 0.1) is 13.8 Å². The number of carbonyl (C=O) groups is 2. The summed E-state index contributed by atoms with van der Waals surface area (Å²) in [6.07, 6.45) is 0. The highest BCUT2D eigenvalue weighted by Gasteiger charge is 2.20. The van der Waals surface area contributed by atoms with Crippen LogP contribution < -0.4 is 14.8 Å². The van der Waals surface area contributed by atoms with Gasteiger partial charge in [0.05, 0.1) is 19.9 Å². The van der Waals surface area contributed by atoms with E-state index >= 15 is 0 Å². The van der Waals surface area contributed by atoms with Gasteiger partial charge in [0.1, 0.15) is 18.0 Å². The molecule has 7 nitrogen and oxygen atoms in total. The minimum absolute atomic E-state index is 0.0630. The fraction of sp³-hybridized carbons (Fsp3) is 0.389. The fourth-order valence-electron chi connectivity index (χ4n) is 2.30. The summed E-state index contributed by atoms with van der Waals surface area (Å²) < 4.78 is 10.4. The molecule has 0 spiro atoms. The van der Waals surface area contributed by atoms with Gasteiger partial charge in [-0.25, -0.2) is 4.98 Å². The van der Waals surface area contributed by atoms with Crippen molar-refractivity contribution in [1.82, 2.24) is 9.88 Å². The van der Waals surface area contributed by atoms with E-state index in [0.29, 0.717) is 28.7 Å². The Morgan fingerprint density at radius 1 is 1.15 bits per heavy atom. The molecule has 0 aliphatic carbocycles. The molecular weight excluding hydrogens is 354 g/mol. The van der Waals surface area contributed by atoms with E-state index in [4.69, 9.17) is 9.47 Å². The second-order valence-electron chi connectivity index (χ2n) is 5.63. The van der Waals surface area contributed by atoms with Crippen molar-refractivity contribution in [1.29, 1.82) is 0 Å². The third-order valence-electron chi connectivity index (χ3n) is 3.88. The highest BCUT2D eigenvalue weighted by molar-refractivity contribution is 7.15. The number of thiazole rings is 1. The molecule has 140 valence electrons. The first-order chi connectivity index (χ1) is 12.4. The van der Waals surface area contributed by atoms with Gasteiger partial charge in [-0.15, -0.1) is 11.3 Å². The average Bonchev–Trinajstić information content (AvgIpc) is 2.95. The summed E-state index contributed by atoms with van der Waals surface area (Å²) >= 11 is 1.41. The van der Waals surface area contributed by atoms with Crippen molar-refractivity contribution < 1.29 is 19.1 Å². The lowest BCUT2D eigenvalue weighted by Gasteiger charge is -2.20. The zero-order valence-electron chi connectivity index (χ0n) is 15.6. The Hall–Kier alpha value is -2.61. The Morgan fingerprint density at radius 2 is 1.77 bits per heavy atom. The van der Waals surface area contributed by atoms with E-state index < -0.39 is 0 Å². The number of likely N-dealkylation sites (N-methyl/N-ethyl adjacent to an activating group) is 1. The Balaban J connectivity index is 2.11. The maximum atomic E-state index is 12.8. The SMILES string of the molecule is CCN(CC(=O)Nc1nc(C)c(C)s1)C(=O)c1cc(OC)cc(OC)c1. The molecule has 0 bridgehead atoms. The van der Waals surface area contributed by atoms with Gasteiger partial charge in [0, 0.05) is 23.1 Å². The first-order valence-electron chi connectivity index (χ1n) is 8.14. The van der Waals surface area contributed by atoms with Crippen LogP contribution in [0.4, 0.5) is 5.13 Å². The number of hydrogen-bond acceptors (Lipinski definition) is 6. The number of aryl methyl sites for hydroxylation is 2.